The van der Waals surface area contributed by atoms with Crippen LogP contribution in [0.25, 0.3) is 0 Å². The monoisotopic (exact) mass is 266 g/mol. The molecule has 0 aliphatic carbocycles. The predicted molar refractivity (Wildman–Crippen MR) is 75.0 cm³/mol. The molecule has 4 heteroatoms. The number of ether oxygens (including phenoxy) is 1. The van der Waals surface area contributed by atoms with Gasteiger partial charge in [0.1, 0.15) is 11.6 Å². The zero-order valence-corrected chi connectivity index (χ0v) is 11.8. The van der Waals surface area contributed by atoms with Crippen molar-refractivity contribution in [1.29, 1.82) is 0 Å². The van der Waals surface area contributed by atoms with Gasteiger partial charge >= 0.3 is 0 Å². The van der Waals surface area contributed by atoms with Crippen molar-refractivity contribution in [2.45, 2.75) is 25.8 Å². The second-order valence-corrected chi connectivity index (χ2v) is 4.98. The number of hydrogen-bond donors (Lipinski definition) is 1. The zero-order valence-electron chi connectivity index (χ0n) is 11.8. The third-order valence-corrected chi connectivity index (χ3v) is 3.72. The number of hydrogen-bond acceptors (Lipinski definition) is 3. The molecule has 0 amide bonds. The molecule has 0 aromatic heterocycles. The largest absolute Gasteiger partial charge is 0.497 e. The summed E-state index contributed by atoms with van der Waals surface area (Å²) in [6.07, 6.45) is 2.02. The van der Waals surface area contributed by atoms with Crippen molar-refractivity contribution >= 4 is 0 Å². The molecule has 19 heavy (non-hydrogen) atoms. The van der Waals surface area contributed by atoms with Gasteiger partial charge in [-0.15, -0.1) is 0 Å². The second kappa shape index (κ2) is 6.87. The summed E-state index contributed by atoms with van der Waals surface area (Å²) in [6, 6.07) is 5.19. The lowest BCUT2D eigenvalue weighted by Crippen LogP contribution is -2.45. The number of nitrogens with zero attached hydrogens (tertiary/aromatic N) is 1. The van der Waals surface area contributed by atoms with E-state index in [-0.39, 0.29) is 11.9 Å². The van der Waals surface area contributed by atoms with E-state index in [1.807, 2.05) is 6.07 Å². The van der Waals surface area contributed by atoms with E-state index in [1.165, 1.54) is 6.07 Å². The summed E-state index contributed by atoms with van der Waals surface area (Å²) in [6.45, 7) is 6.05. The molecular weight excluding hydrogens is 243 g/mol. The number of piperazine rings is 1. The Bertz CT molecular complexity index is 405. The fourth-order valence-corrected chi connectivity index (χ4v) is 2.71. The third kappa shape index (κ3) is 3.45. The van der Waals surface area contributed by atoms with Crippen LogP contribution < -0.4 is 10.1 Å². The van der Waals surface area contributed by atoms with Crippen LogP contribution in [-0.4, -0.2) is 38.2 Å². The number of nitrogens with one attached hydrogen (secondary N) is 1. The molecule has 2 rings (SSSR count). The summed E-state index contributed by atoms with van der Waals surface area (Å²) >= 11 is 0. The van der Waals surface area contributed by atoms with Crippen LogP contribution in [0.3, 0.4) is 0 Å². The van der Waals surface area contributed by atoms with Gasteiger partial charge < -0.3 is 10.1 Å². The maximum absolute atomic E-state index is 14.1. The molecule has 3 nitrogen and oxygen atoms in total. The molecule has 1 atom stereocenters. The standard InChI is InChI=1S/C15H23FN2O/c1-3-4-15(18-9-7-17-8-10-18)13-11-12(19-2)5-6-14(13)16/h5-6,11,15,17H,3-4,7-10H2,1-2H3/t15-/m0/s1. The highest BCUT2D eigenvalue weighted by atomic mass is 19.1. The van der Waals surface area contributed by atoms with Crippen molar-refractivity contribution in [3.63, 3.8) is 0 Å². The Hall–Kier alpha value is -1.13. The van der Waals surface area contributed by atoms with Gasteiger partial charge in [-0.3, -0.25) is 4.90 Å². The number of methoxy groups -OCH3 is 1. The molecule has 0 bridgehead atoms. The lowest BCUT2D eigenvalue weighted by molar-refractivity contribution is 0.161. The number of benzene rings is 1. The minimum Gasteiger partial charge on any atom is -0.497 e. The van der Waals surface area contributed by atoms with Crippen molar-refractivity contribution in [2.75, 3.05) is 33.3 Å². The van der Waals surface area contributed by atoms with Crippen LogP contribution in [0.4, 0.5) is 4.39 Å². The Balaban J connectivity index is 2.26. The Kier molecular flexibility index (Phi) is 5.16. The normalized spacial score (nSPS) is 18.3. The van der Waals surface area contributed by atoms with E-state index >= 15 is 0 Å². The molecule has 106 valence electrons. The topological polar surface area (TPSA) is 24.5 Å². The molecule has 0 spiro atoms. The molecule has 1 aliphatic heterocycles. The van der Waals surface area contributed by atoms with Gasteiger partial charge in [0, 0.05) is 37.8 Å². The summed E-state index contributed by atoms with van der Waals surface area (Å²) < 4.78 is 19.4. The third-order valence-electron chi connectivity index (χ3n) is 3.72. The van der Waals surface area contributed by atoms with Gasteiger partial charge in [0.05, 0.1) is 7.11 Å². The first-order valence-electron chi connectivity index (χ1n) is 7.04. The summed E-state index contributed by atoms with van der Waals surface area (Å²) in [5, 5.41) is 3.34. The van der Waals surface area contributed by atoms with Gasteiger partial charge in [0.15, 0.2) is 0 Å². The summed E-state index contributed by atoms with van der Waals surface area (Å²) in [4.78, 5) is 2.37. The minimum atomic E-state index is -0.127. The van der Waals surface area contributed by atoms with Crippen molar-refractivity contribution in [3.05, 3.63) is 29.6 Å². The second-order valence-electron chi connectivity index (χ2n) is 4.98. The Labute approximate surface area is 114 Å². The van der Waals surface area contributed by atoms with Crippen LogP contribution in [0.5, 0.6) is 5.75 Å². The zero-order chi connectivity index (χ0) is 13.7. The summed E-state index contributed by atoms with van der Waals surface area (Å²) in [5.74, 6) is 0.602. The van der Waals surface area contributed by atoms with Gasteiger partial charge in [0.2, 0.25) is 0 Å². The van der Waals surface area contributed by atoms with Crippen molar-refractivity contribution < 1.29 is 9.13 Å². The van der Waals surface area contributed by atoms with Crippen molar-refractivity contribution in [1.82, 2.24) is 10.2 Å². The summed E-state index contributed by atoms with van der Waals surface area (Å²) in [7, 11) is 1.62. The molecular formula is C15H23FN2O. The number of rotatable bonds is 5. The molecule has 1 saturated heterocycles. The molecule has 1 fully saturated rings. The van der Waals surface area contributed by atoms with Gasteiger partial charge in [-0.2, -0.15) is 0 Å². The highest BCUT2D eigenvalue weighted by molar-refractivity contribution is 5.32. The minimum absolute atomic E-state index is 0.127. The van der Waals surface area contributed by atoms with Crippen LogP contribution in [0.15, 0.2) is 18.2 Å². The van der Waals surface area contributed by atoms with E-state index in [9.17, 15) is 4.39 Å². The molecule has 1 heterocycles. The average Bonchev–Trinajstić information content (AvgIpc) is 2.47. The lowest BCUT2D eigenvalue weighted by Gasteiger charge is -2.35. The Morgan fingerprint density at radius 3 is 2.74 bits per heavy atom. The average molecular weight is 266 g/mol. The van der Waals surface area contributed by atoms with E-state index in [0.29, 0.717) is 0 Å². The van der Waals surface area contributed by atoms with E-state index in [1.54, 1.807) is 13.2 Å². The van der Waals surface area contributed by atoms with Gasteiger partial charge in [-0.25, -0.2) is 4.39 Å². The fourth-order valence-electron chi connectivity index (χ4n) is 2.71. The van der Waals surface area contributed by atoms with Crippen LogP contribution in [-0.2, 0) is 0 Å². The quantitative estimate of drug-likeness (QED) is 0.886. The first-order valence-corrected chi connectivity index (χ1v) is 7.04. The summed E-state index contributed by atoms with van der Waals surface area (Å²) in [5.41, 5.74) is 0.767. The highest BCUT2D eigenvalue weighted by Crippen LogP contribution is 2.30. The molecule has 1 aliphatic rings. The van der Waals surface area contributed by atoms with E-state index in [4.69, 9.17) is 4.74 Å². The maximum Gasteiger partial charge on any atom is 0.128 e. The van der Waals surface area contributed by atoms with Crippen LogP contribution in [0, 0.1) is 5.82 Å². The van der Waals surface area contributed by atoms with Crippen LogP contribution in [0.1, 0.15) is 31.4 Å². The Morgan fingerprint density at radius 1 is 1.37 bits per heavy atom. The molecule has 1 N–H and O–H groups in total. The molecule has 0 unspecified atom stereocenters. The van der Waals surface area contributed by atoms with Crippen molar-refractivity contribution in [2.24, 2.45) is 0 Å². The van der Waals surface area contributed by atoms with Gasteiger partial charge in [-0.05, 0) is 24.6 Å². The van der Waals surface area contributed by atoms with Crippen LogP contribution >= 0.6 is 0 Å². The smallest absolute Gasteiger partial charge is 0.128 e. The highest BCUT2D eigenvalue weighted by Gasteiger charge is 2.24. The fraction of sp³-hybridized carbons (Fsp3) is 0.600. The first kappa shape index (κ1) is 14.3. The molecule has 0 saturated carbocycles. The van der Waals surface area contributed by atoms with E-state index < -0.39 is 0 Å². The maximum atomic E-state index is 14.1. The van der Waals surface area contributed by atoms with E-state index in [2.05, 4.69) is 17.1 Å². The molecule has 0 radical (unpaired) electrons. The molecule has 1 aromatic carbocycles. The lowest BCUT2D eigenvalue weighted by atomic mass is 9.99. The van der Waals surface area contributed by atoms with Gasteiger partial charge in [0.25, 0.3) is 0 Å². The van der Waals surface area contributed by atoms with Gasteiger partial charge in [-0.1, -0.05) is 13.3 Å². The Morgan fingerprint density at radius 2 is 2.11 bits per heavy atom. The predicted octanol–water partition coefficient (Wildman–Crippen LogP) is 2.58. The first-order chi connectivity index (χ1) is 9.26. The van der Waals surface area contributed by atoms with E-state index in [0.717, 1.165) is 50.3 Å². The van der Waals surface area contributed by atoms with Crippen LogP contribution in [0.2, 0.25) is 0 Å². The molecule has 1 aromatic rings. The van der Waals surface area contributed by atoms with Crippen molar-refractivity contribution in [3.8, 4) is 5.75 Å². The SMILES string of the molecule is CCC[C@@H](c1cc(OC)ccc1F)N1CCNCC1. The number of halogens is 1.